The molecule has 0 radical (unpaired) electrons. The van der Waals surface area contributed by atoms with Crippen molar-refractivity contribution in [3.8, 4) is 5.75 Å². The second-order valence-corrected chi connectivity index (χ2v) is 8.38. The molecule has 2 N–H and O–H groups in total. The lowest BCUT2D eigenvalue weighted by molar-refractivity contribution is 0.311. The van der Waals surface area contributed by atoms with Gasteiger partial charge in [-0.2, -0.15) is 0 Å². The number of sulfonamides is 1. The fourth-order valence-electron chi connectivity index (χ4n) is 2.48. The zero-order valence-corrected chi connectivity index (χ0v) is 17.4. The molecule has 0 bridgehead atoms. The standard InChI is InChI=1S/C20H28N4O3S/c1-21-20(22-14-9-15-27-18-11-5-4-6-12-18)23-16-17-10-7-8-13-19(17)28(25,26)24(2)3/h4-8,10-13H,9,14-16H2,1-3H3,(H2,21,22,23). The molecule has 0 unspecified atom stereocenters. The van der Waals surface area contributed by atoms with Crippen molar-refractivity contribution in [1.29, 1.82) is 0 Å². The van der Waals surface area contributed by atoms with Gasteiger partial charge in [0.25, 0.3) is 0 Å². The van der Waals surface area contributed by atoms with Gasteiger partial charge in [-0.05, 0) is 30.2 Å². The summed E-state index contributed by atoms with van der Waals surface area (Å²) < 4.78 is 31.8. The lowest BCUT2D eigenvalue weighted by Gasteiger charge is -2.17. The van der Waals surface area contributed by atoms with E-state index in [0.717, 1.165) is 12.2 Å². The summed E-state index contributed by atoms with van der Waals surface area (Å²) in [6.45, 7) is 1.63. The molecule has 0 heterocycles. The van der Waals surface area contributed by atoms with Crippen LogP contribution in [0.15, 0.2) is 64.5 Å². The maximum absolute atomic E-state index is 12.5. The minimum atomic E-state index is -3.50. The highest BCUT2D eigenvalue weighted by atomic mass is 32.2. The SMILES string of the molecule is CN=C(NCCCOc1ccccc1)NCc1ccccc1S(=O)(=O)N(C)C. The third-order valence-electron chi connectivity index (χ3n) is 4.03. The van der Waals surface area contributed by atoms with E-state index in [1.54, 1.807) is 25.2 Å². The summed E-state index contributed by atoms with van der Waals surface area (Å²) in [6.07, 6.45) is 0.807. The third kappa shape index (κ3) is 6.24. The number of nitrogens with one attached hydrogen (secondary N) is 2. The van der Waals surface area contributed by atoms with E-state index < -0.39 is 10.0 Å². The fraction of sp³-hybridized carbons (Fsp3) is 0.350. The third-order valence-corrected chi connectivity index (χ3v) is 5.94. The minimum absolute atomic E-state index is 0.291. The number of guanidine groups is 1. The number of hydrogen-bond acceptors (Lipinski definition) is 4. The number of aliphatic imine (C=N–C) groups is 1. The van der Waals surface area contributed by atoms with E-state index in [0.29, 0.717) is 36.1 Å². The van der Waals surface area contributed by atoms with Crippen LogP contribution in [0.1, 0.15) is 12.0 Å². The predicted molar refractivity (Wildman–Crippen MR) is 112 cm³/mol. The van der Waals surface area contributed by atoms with Gasteiger partial charge in [-0.3, -0.25) is 4.99 Å². The Kier molecular flexibility index (Phi) is 8.28. The van der Waals surface area contributed by atoms with Crippen LogP contribution in [0, 0.1) is 0 Å². The van der Waals surface area contributed by atoms with Gasteiger partial charge in [-0.25, -0.2) is 12.7 Å². The molecule has 7 nitrogen and oxygen atoms in total. The van der Waals surface area contributed by atoms with E-state index in [1.165, 1.54) is 18.4 Å². The molecule has 8 heteroatoms. The van der Waals surface area contributed by atoms with Gasteiger partial charge in [0.15, 0.2) is 5.96 Å². The largest absolute Gasteiger partial charge is 0.494 e. The Balaban J connectivity index is 1.83. The normalized spacial score (nSPS) is 12.1. The molecule has 2 rings (SSSR count). The molecule has 0 aliphatic carbocycles. The molecule has 2 aromatic rings. The molecule has 0 saturated heterocycles. The van der Waals surface area contributed by atoms with Crippen molar-refractivity contribution < 1.29 is 13.2 Å². The van der Waals surface area contributed by atoms with Crippen LogP contribution < -0.4 is 15.4 Å². The monoisotopic (exact) mass is 404 g/mol. The molecule has 0 fully saturated rings. The highest BCUT2D eigenvalue weighted by molar-refractivity contribution is 7.89. The van der Waals surface area contributed by atoms with E-state index in [9.17, 15) is 8.42 Å². The van der Waals surface area contributed by atoms with Crippen molar-refractivity contribution in [3.63, 3.8) is 0 Å². The number of rotatable bonds is 9. The Bertz CT molecular complexity index is 868. The van der Waals surface area contributed by atoms with Crippen LogP contribution in [0.4, 0.5) is 0 Å². The first-order valence-corrected chi connectivity index (χ1v) is 10.5. The molecule has 0 amide bonds. The molecule has 0 saturated carbocycles. The molecule has 28 heavy (non-hydrogen) atoms. The zero-order valence-electron chi connectivity index (χ0n) is 16.6. The van der Waals surface area contributed by atoms with Gasteiger partial charge < -0.3 is 15.4 Å². The first kappa shape index (κ1) is 21.7. The van der Waals surface area contributed by atoms with Crippen LogP contribution in [0.2, 0.25) is 0 Å². The van der Waals surface area contributed by atoms with Gasteiger partial charge in [-0.15, -0.1) is 0 Å². The highest BCUT2D eigenvalue weighted by Gasteiger charge is 2.20. The quantitative estimate of drug-likeness (QED) is 0.380. The molecule has 0 aromatic heterocycles. The molecule has 2 aromatic carbocycles. The van der Waals surface area contributed by atoms with Gasteiger partial charge in [0.05, 0.1) is 11.5 Å². The molecular formula is C20H28N4O3S. The molecule has 0 atom stereocenters. The van der Waals surface area contributed by atoms with Crippen LogP contribution in [0.25, 0.3) is 0 Å². The summed E-state index contributed by atoms with van der Waals surface area (Å²) in [5.74, 6) is 1.46. The van der Waals surface area contributed by atoms with Crippen LogP contribution in [0.5, 0.6) is 5.75 Å². The van der Waals surface area contributed by atoms with Gasteiger partial charge in [0.2, 0.25) is 10.0 Å². The summed E-state index contributed by atoms with van der Waals surface area (Å²) in [4.78, 5) is 4.47. The van der Waals surface area contributed by atoms with E-state index in [4.69, 9.17) is 4.74 Å². The molecule has 0 aliphatic rings. The Labute approximate surface area is 167 Å². The van der Waals surface area contributed by atoms with Crippen LogP contribution in [-0.4, -0.2) is 53.0 Å². The van der Waals surface area contributed by atoms with Gasteiger partial charge in [-0.1, -0.05) is 36.4 Å². The van der Waals surface area contributed by atoms with E-state index in [2.05, 4.69) is 15.6 Å². The summed E-state index contributed by atoms with van der Waals surface area (Å²) in [7, 11) is 1.23. The summed E-state index contributed by atoms with van der Waals surface area (Å²) in [5, 5.41) is 6.37. The molecule has 0 spiro atoms. The maximum Gasteiger partial charge on any atom is 0.242 e. The second-order valence-electron chi connectivity index (χ2n) is 6.26. The summed E-state index contributed by atoms with van der Waals surface area (Å²) >= 11 is 0. The Morgan fingerprint density at radius 2 is 1.71 bits per heavy atom. The van der Waals surface area contributed by atoms with Crippen molar-refractivity contribution >= 4 is 16.0 Å². The Morgan fingerprint density at radius 1 is 1.04 bits per heavy atom. The Hall–Kier alpha value is -2.58. The molecule has 152 valence electrons. The van der Waals surface area contributed by atoms with Crippen molar-refractivity contribution in [1.82, 2.24) is 14.9 Å². The first-order valence-electron chi connectivity index (χ1n) is 9.08. The van der Waals surface area contributed by atoms with Crippen LogP contribution in [-0.2, 0) is 16.6 Å². The van der Waals surface area contributed by atoms with Crippen LogP contribution >= 0.6 is 0 Å². The topological polar surface area (TPSA) is 83.0 Å². The van der Waals surface area contributed by atoms with Gasteiger partial charge in [0, 0.05) is 34.2 Å². The summed E-state index contributed by atoms with van der Waals surface area (Å²) in [6, 6.07) is 16.6. The van der Waals surface area contributed by atoms with Gasteiger partial charge in [0.1, 0.15) is 5.75 Å². The van der Waals surface area contributed by atoms with Crippen LogP contribution in [0.3, 0.4) is 0 Å². The number of nitrogens with zero attached hydrogens (tertiary/aromatic N) is 2. The summed E-state index contributed by atoms with van der Waals surface area (Å²) in [5.41, 5.74) is 0.687. The smallest absolute Gasteiger partial charge is 0.242 e. The number of hydrogen-bond donors (Lipinski definition) is 2. The maximum atomic E-state index is 12.5. The second kappa shape index (κ2) is 10.7. The minimum Gasteiger partial charge on any atom is -0.494 e. The van der Waals surface area contributed by atoms with Crippen molar-refractivity contribution in [2.45, 2.75) is 17.9 Å². The van der Waals surface area contributed by atoms with E-state index in [1.807, 2.05) is 36.4 Å². The lowest BCUT2D eigenvalue weighted by Crippen LogP contribution is -2.38. The first-order chi connectivity index (χ1) is 13.4. The predicted octanol–water partition coefficient (Wildman–Crippen LogP) is 2.07. The number of para-hydroxylation sites is 1. The fourth-order valence-corrected chi connectivity index (χ4v) is 3.60. The van der Waals surface area contributed by atoms with Crippen molar-refractivity contribution in [2.75, 3.05) is 34.3 Å². The lowest BCUT2D eigenvalue weighted by atomic mass is 10.2. The van der Waals surface area contributed by atoms with E-state index >= 15 is 0 Å². The Morgan fingerprint density at radius 3 is 2.39 bits per heavy atom. The van der Waals surface area contributed by atoms with Gasteiger partial charge >= 0.3 is 0 Å². The van der Waals surface area contributed by atoms with Crippen molar-refractivity contribution in [2.24, 2.45) is 4.99 Å². The zero-order chi connectivity index (χ0) is 20.4. The molecule has 0 aliphatic heterocycles. The molecular weight excluding hydrogens is 376 g/mol. The average Bonchev–Trinajstić information content (AvgIpc) is 2.71. The van der Waals surface area contributed by atoms with E-state index in [-0.39, 0.29) is 0 Å². The number of ether oxygens (including phenoxy) is 1. The average molecular weight is 405 g/mol. The highest BCUT2D eigenvalue weighted by Crippen LogP contribution is 2.18. The van der Waals surface area contributed by atoms with Crippen molar-refractivity contribution in [3.05, 3.63) is 60.2 Å². The number of benzene rings is 2.